The second kappa shape index (κ2) is 15.0. The van der Waals surface area contributed by atoms with Gasteiger partial charge in [-0.2, -0.15) is 0 Å². The van der Waals surface area contributed by atoms with E-state index in [1.807, 2.05) is 0 Å². The molecule has 0 spiro atoms. The lowest BCUT2D eigenvalue weighted by atomic mass is 9.70. The first kappa shape index (κ1) is 44.7. The van der Waals surface area contributed by atoms with Crippen molar-refractivity contribution in [2.45, 2.75) is 54.5 Å². The summed E-state index contributed by atoms with van der Waals surface area (Å²) in [6.45, 7) is -1.21. The molecule has 0 aromatic heterocycles. The predicted molar refractivity (Wildman–Crippen MR) is 205 cm³/mol. The third kappa shape index (κ3) is 6.32. The van der Waals surface area contributed by atoms with E-state index in [0.717, 1.165) is 0 Å². The van der Waals surface area contributed by atoms with E-state index in [4.69, 9.17) is 33.2 Å². The summed E-state index contributed by atoms with van der Waals surface area (Å²) in [5.74, 6) is -34.4. The lowest BCUT2D eigenvalue weighted by molar-refractivity contribution is -0.339. The van der Waals surface area contributed by atoms with E-state index in [1.165, 1.54) is 0 Å². The summed E-state index contributed by atoms with van der Waals surface area (Å²) in [6.07, 6.45) is -14.5. The Balaban J connectivity index is 1.29. The molecule has 1 saturated heterocycles. The summed E-state index contributed by atoms with van der Waals surface area (Å²) in [7, 11) is 0. The lowest BCUT2D eigenvalue weighted by Crippen LogP contribution is -2.70. The summed E-state index contributed by atoms with van der Waals surface area (Å²) in [5, 5.41) is 162. The van der Waals surface area contributed by atoms with E-state index in [-0.39, 0.29) is 6.08 Å². The first-order chi connectivity index (χ1) is 31.9. The molecule has 1 aliphatic carbocycles. The van der Waals surface area contributed by atoms with Gasteiger partial charge >= 0.3 is 29.7 Å². The SMILES string of the molecule is O=C1OC2C3COC(O)c4cc(O)c(O)c(O)c4-c4c(cc(O)c(O)c4O)C(=O)OC(O3)C(OC(=O)c3cc(O)c(O)c4c3C3C1=CC(=O)C(O)(O4)C3(O)O)C2OC(=O)c1cc(O)c(O)c(O)c1. The van der Waals surface area contributed by atoms with Crippen molar-refractivity contribution in [3.05, 3.63) is 69.8 Å². The summed E-state index contributed by atoms with van der Waals surface area (Å²) in [4.78, 5) is 70.9. The standard InChI is InChI=1S/C41H30O27/c42-13-1-8(2-14(43)24(13)48)34(54)65-32-30-18-7-62-35(55)9-3-15(44)25(49)28(52)20(9)21-10(4-16(45)26(50)29(21)53)37(57)67-39(63-18)33(32)66-36(56)11-5-17(46)27(51)31-22(11)23-12(38(58)64-30)6-19(47)41(61,68-31)40(23,59)60/h1-6,18,23,30,32-33,35,39,42-46,48-53,55,59-61H,7H2. The number of carbonyl (C=O) groups is 5. The molecule has 68 heavy (non-hydrogen) atoms. The predicted octanol–water partition coefficient (Wildman–Crippen LogP) is -1.25. The molecule has 356 valence electrons. The van der Waals surface area contributed by atoms with Crippen LogP contribution in [0.2, 0.25) is 0 Å². The Bertz CT molecular complexity index is 2970. The molecule has 0 saturated carbocycles. The zero-order chi connectivity index (χ0) is 49.4. The number of fused-ring (bicyclic) bond motifs is 10. The van der Waals surface area contributed by atoms with Gasteiger partial charge in [0, 0.05) is 22.3 Å². The Morgan fingerprint density at radius 3 is 1.85 bits per heavy atom. The molecule has 4 aromatic rings. The van der Waals surface area contributed by atoms with Gasteiger partial charge in [0.2, 0.25) is 35.4 Å². The quantitative estimate of drug-likeness (QED) is 0.0483. The van der Waals surface area contributed by atoms with Crippen LogP contribution >= 0.6 is 0 Å². The molecule has 0 radical (unpaired) electrons. The number of aromatic hydroxyl groups is 11. The molecular formula is C41H30O27. The van der Waals surface area contributed by atoms with E-state index in [2.05, 4.69) is 0 Å². The number of ether oxygens (including phenoxy) is 7. The maximum Gasteiger partial charge on any atom is 0.341 e. The van der Waals surface area contributed by atoms with Crippen molar-refractivity contribution in [3.63, 3.8) is 0 Å². The van der Waals surface area contributed by atoms with Gasteiger partial charge in [0.15, 0.2) is 70.2 Å². The third-order valence-electron chi connectivity index (χ3n) is 11.6. The van der Waals surface area contributed by atoms with Crippen LogP contribution in [0.25, 0.3) is 11.1 Å². The fourth-order valence-electron chi connectivity index (χ4n) is 8.36. The van der Waals surface area contributed by atoms with Crippen LogP contribution in [0.5, 0.6) is 69.0 Å². The lowest BCUT2D eigenvalue weighted by Gasteiger charge is -2.49. The normalized spacial score (nSPS) is 26.9. The number of aliphatic hydroxyl groups is 4. The average Bonchev–Trinajstić information content (AvgIpc) is 3.28. The molecule has 1 fully saturated rings. The van der Waals surface area contributed by atoms with E-state index in [0.29, 0.717) is 30.3 Å². The van der Waals surface area contributed by atoms with Crippen molar-refractivity contribution in [1.82, 2.24) is 0 Å². The van der Waals surface area contributed by atoms with Gasteiger partial charge in [0.25, 0.3) is 5.79 Å². The Morgan fingerprint density at radius 2 is 1.19 bits per heavy atom. The van der Waals surface area contributed by atoms with Gasteiger partial charge < -0.3 is 110 Å². The van der Waals surface area contributed by atoms with E-state index >= 15 is 0 Å². The molecule has 27 nitrogen and oxygen atoms in total. The monoisotopic (exact) mass is 954 g/mol. The maximum atomic E-state index is 14.6. The fourth-order valence-corrected chi connectivity index (χ4v) is 8.36. The molecule has 27 heteroatoms. The van der Waals surface area contributed by atoms with Crippen LogP contribution in [-0.4, -0.2) is 155 Å². The topological polar surface area (TPSA) is 453 Å². The van der Waals surface area contributed by atoms with Gasteiger partial charge in [-0.3, -0.25) is 4.79 Å². The van der Waals surface area contributed by atoms with Crippen LogP contribution in [0, 0.1) is 0 Å². The van der Waals surface area contributed by atoms with Crippen LogP contribution in [0.1, 0.15) is 54.4 Å². The highest BCUT2D eigenvalue weighted by molar-refractivity contribution is 6.09. The summed E-state index contributed by atoms with van der Waals surface area (Å²) < 4.78 is 39.3. The summed E-state index contributed by atoms with van der Waals surface area (Å²) in [5.41, 5.74) is -7.99. The van der Waals surface area contributed by atoms with Crippen molar-refractivity contribution in [2.24, 2.45) is 0 Å². The molecular weight excluding hydrogens is 924 g/mol. The number of esters is 4. The highest BCUT2D eigenvalue weighted by Gasteiger charge is 2.70. The number of phenolic OH excluding ortho intramolecular Hbond substituents is 11. The second-order valence-electron chi connectivity index (χ2n) is 15.6. The molecule has 4 heterocycles. The molecule has 6 bridgehead atoms. The minimum absolute atomic E-state index is 0.277. The van der Waals surface area contributed by atoms with E-state index in [1.54, 1.807) is 0 Å². The molecule has 4 aliphatic heterocycles. The fraction of sp³-hybridized carbons (Fsp3) is 0.244. The van der Waals surface area contributed by atoms with Gasteiger partial charge in [0.05, 0.1) is 34.8 Å². The second-order valence-corrected chi connectivity index (χ2v) is 15.6. The zero-order valence-electron chi connectivity index (χ0n) is 33.3. The van der Waals surface area contributed by atoms with Gasteiger partial charge in [-0.15, -0.1) is 0 Å². The number of aliphatic hydroxyl groups excluding tert-OH is 1. The molecule has 15 N–H and O–H groups in total. The summed E-state index contributed by atoms with van der Waals surface area (Å²) >= 11 is 0. The molecule has 8 atom stereocenters. The Labute approximate surface area is 374 Å². The number of ketones is 1. The van der Waals surface area contributed by atoms with Crippen LogP contribution in [0.15, 0.2) is 42.0 Å². The first-order valence-electron chi connectivity index (χ1n) is 19.2. The van der Waals surface area contributed by atoms with Crippen LogP contribution in [0.3, 0.4) is 0 Å². The molecule has 0 amide bonds. The van der Waals surface area contributed by atoms with E-state index < -0.39 is 204 Å². The van der Waals surface area contributed by atoms with Crippen molar-refractivity contribution >= 4 is 29.7 Å². The number of benzene rings is 4. The highest BCUT2D eigenvalue weighted by atomic mass is 16.8. The maximum absolute atomic E-state index is 14.6. The minimum atomic E-state index is -3.97. The minimum Gasteiger partial charge on any atom is -0.504 e. The molecule has 9 rings (SSSR count). The zero-order valence-corrected chi connectivity index (χ0v) is 33.3. The first-order valence-corrected chi connectivity index (χ1v) is 19.2. The molecule has 4 aromatic carbocycles. The van der Waals surface area contributed by atoms with Crippen molar-refractivity contribution in [2.75, 3.05) is 6.61 Å². The van der Waals surface area contributed by atoms with Crippen LogP contribution in [0.4, 0.5) is 0 Å². The highest BCUT2D eigenvalue weighted by Crippen LogP contribution is 2.59. The smallest absolute Gasteiger partial charge is 0.341 e. The van der Waals surface area contributed by atoms with E-state index in [9.17, 15) is 101 Å². The van der Waals surface area contributed by atoms with Gasteiger partial charge in [0.1, 0.15) is 6.10 Å². The number of carbonyl (C=O) groups excluding carboxylic acids is 5. The van der Waals surface area contributed by atoms with Crippen molar-refractivity contribution < 1.29 is 134 Å². The average molecular weight is 955 g/mol. The largest absolute Gasteiger partial charge is 0.504 e. The van der Waals surface area contributed by atoms with Crippen molar-refractivity contribution in [1.29, 1.82) is 0 Å². The number of hydrogen-bond donors (Lipinski definition) is 15. The summed E-state index contributed by atoms with van der Waals surface area (Å²) in [6, 6.07) is 2.46. The number of phenols is 11. The third-order valence-corrected chi connectivity index (χ3v) is 11.6. The Hall–Kier alpha value is -8.47. The van der Waals surface area contributed by atoms with Gasteiger partial charge in [-0.25, -0.2) is 19.2 Å². The van der Waals surface area contributed by atoms with Gasteiger partial charge in [-0.05, 0) is 36.4 Å². The number of hydrogen-bond acceptors (Lipinski definition) is 27. The Kier molecular flexibility index (Phi) is 9.88. The van der Waals surface area contributed by atoms with Crippen LogP contribution < -0.4 is 4.74 Å². The Morgan fingerprint density at radius 1 is 0.632 bits per heavy atom. The number of rotatable bonds is 2. The van der Waals surface area contributed by atoms with Gasteiger partial charge in [-0.1, -0.05) is 0 Å². The molecule has 8 unspecified atom stereocenters. The van der Waals surface area contributed by atoms with Crippen molar-refractivity contribution in [3.8, 4) is 80.1 Å². The van der Waals surface area contributed by atoms with Crippen LogP contribution in [-0.2, 0) is 38.0 Å². The molecule has 5 aliphatic rings.